The Morgan fingerprint density at radius 2 is 1.82 bits per heavy atom. The van der Waals surface area contributed by atoms with Gasteiger partial charge in [0.05, 0.1) is 15.9 Å². The van der Waals surface area contributed by atoms with Gasteiger partial charge >= 0.3 is 0 Å². The number of nitrogens with zero attached hydrogens (tertiary/aromatic N) is 3. The zero-order valence-corrected chi connectivity index (χ0v) is 20.5. The Balaban J connectivity index is 1.31. The Bertz CT molecular complexity index is 1330. The van der Waals surface area contributed by atoms with Crippen LogP contribution in [0.15, 0.2) is 48.7 Å². The lowest BCUT2D eigenvalue weighted by Gasteiger charge is -2.31. The van der Waals surface area contributed by atoms with Crippen LogP contribution in [0.3, 0.4) is 0 Å². The number of Topliss-reactive ketones (excluding diaryl/α,β-unsaturated/α-hetero) is 1. The minimum atomic E-state index is -0.101. The van der Waals surface area contributed by atoms with E-state index in [1.807, 2.05) is 48.7 Å². The third-order valence-corrected chi connectivity index (χ3v) is 7.82. The molecule has 0 unspecified atom stereocenters. The fourth-order valence-electron chi connectivity index (χ4n) is 4.86. The minimum Gasteiger partial charge on any atom is -0.355 e. The molecule has 1 amide bonds. The van der Waals surface area contributed by atoms with Gasteiger partial charge < -0.3 is 10.2 Å². The summed E-state index contributed by atoms with van der Waals surface area (Å²) in [7, 11) is 1.63. The van der Waals surface area contributed by atoms with Gasteiger partial charge in [0, 0.05) is 36.4 Å². The van der Waals surface area contributed by atoms with Gasteiger partial charge in [-0.2, -0.15) is 0 Å². The van der Waals surface area contributed by atoms with Gasteiger partial charge in [0.1, 0.15) is 0 Å². The van der Waals surface area contributed by atoms with Crippen LogP contribution in [0.4, 0.5) is 0 Å². The van der Waals surface area contributed by atoms with Crippen LogP contribution in [0.2, 0.25) is 0 Å². The van der Waals surface area contributed by atoms with Crippen LogP contribution < -0.4 is 5.32 Å². The summed E-state index contributed by atoms with van der Waals surface area (Å²) in [4.78, 5) is 33.0. The highest BCUT2D eigenvalue weighted by Crippen LogP contribution is 2.31. The molecule has 0 spiro atoms. The number of fused-ring (bicyclic) bond motifs is 3. The van der Waals surface area contributed by atoms with Gasteiger partial charge in [-0.25, -0.2) is 4.98 Å². The number of piperidine rings is 1. The second kappa shape index (κ2) is 9.68. The number of hydrogen-bond acceptors (Lipinski definition) is 5. The molecular formula is C27H30N4O2S. The first kappa shape index (κ1) is 22.7. The zero-order valence-electron chi connectivity index (χ0n) is 19.7. The Morgan fingerprint density at radius 3 is 2.53 bits per heavy atom. The lowest BCUT2D eigenvalue weighted by atomic mass is 9.90. The summed E-state index contributed by atoms with van der Waals surface area (Å²) >= 11 is 1.60. The first-order valence-corrected chi connectivity index (χ1v) is 12.9. The molecule has 0 bridgehead atoms. The fourth-order valence-corrected chi connectivity index (χ4v) is 5.91. The highest BCUT2D eigenvalue weighted by Gasteiger charge is 2.22. The van der Waals surface area contributed by atoms with Gasteiger partial charge in [0.15, 0.2) is 10.7 Å². The topological polar surface area (TPSA) is 66.7 Å². The lowest BCUT2D eigenvalue weighted by molar-refractivity contribution is 0.0926. The highest BCUT2D eigenvalue weighted by atomic mass is 32.1. The van der Waals surface area contributed by atoms with E-state index >= 15 is 0 Å². The largest absolute Gasteiger partial charge is 0.355 e. The number of ketones is 1. The van der Waals surface area contributed by atoms with E-state index in [0.717, 1.165) is 57.9 Å². The molecule has 2 aromatic heterocycles. The van der Waals surface area contributed by atoms with Gasteiger partial charge in [-0.05, 0) is 75.1 Å². The third kappa shape index (κ3) is 4.50. The first-order valence-electron chi connectivity index (χ1n) is 12.1. The number of likely N-dealkylation sites (tertiary alicyclic amines) is 1. The standard InChI is InChI=1S/C27H30N4O2S/c1-3-12-30-13-10-18(11-14-30)15-24(32)21-8-9-23-25(16-21)34-27-29-22(17-31(23)27)19-4-6-20(7-5-19)26(33)28-2/h4-9,16-18H,3,10-15H2,1-2H3,(H,28,33). The predicted molar refractivity (Wildman–Crippen MR) is 138 cm³/mol. The van der Waals surface area contributed by atoms with E-state index < -0.39 is 0 Å². The molecule has 7 heteroatoms. The van der Waals surface area contributed by atoms with Crippen molar-refractivity contribution in [1.29, 1.82) is 0 Å². The van der Waals surface area contributed by atoms with Crippen LogP contribution in [0.25, 0.3) is 26.4 Å². The molecule has 1 saturated heterocycles. The third-order valence-electron chi connectivity index (χ3n) is 6.81. The van der Waals surface area contributed by atoms with E-state index in [0.29, 0.717) is 17.9 Å². The first-order chi connectivity index (χ1) is 16.6. The van der Waals surface area contributed by atoms with Crippen LogP contribution in [-0.4, -0.2) is 52.7 Å². The van der Waals surface area contributed by atoms with Gasteiger partial charge in [-0.1, -0.05) is 30.4 Å². The summed E-state index contributed by atoms with van der Waals surface area (Å²) in [6.45, 7) is 5.62. The molecular weight excluding hydrogens is 444 g/mol. The maximum atomic E-state index is 13.0. The molecule has 0 radical (unpaired) electrons. The highest BCUT2D eigenvalue weighted by molar-refractivity contribution is 7.23. The number of rotatable bonds is 7. The van der Waals surface area contributed by atoms with Crippen molar-refractivity contribution in [1.82, 2.24) is 19.6 Å². The summed E-state index contributed by atoms with van der Waals surface area (Å²) in [6, 6.07) is 13.5. The number of carbonyl (C=O) groups is 2. The normalized spacial score (nSPS) is 15.2. The minimum absolute atomic E-state index is 0.101. The summed E-state index contributed by atoms with van der Waals surface area (Å²) in [6.07, 6.45) is 6.10. The van der Waals surface area contributed by atoms with E-state index in [2.05, 4.69) is 21.5 Å². The van der Waals surface area contributed by atoms with Crippen molar-refractivity contribution in [2.45, 2.75) is 32.6 Å². The predicted octanol–water partition coefficient (Wildman–Crippen LogP) is 5.27. The number of aromatic nitrogens is 2. The van der Waals surface area contributed by atoms with Crippen molar-refractivity contribution in [3.05, 3.63) is 59.8 Å². The molecule has 2 aromatic carbocycles. The number of nitrogens with one attached hydrogen (secondary N) is 1. The van der Waals surface area contributed by atoms with Crippen LogP contribution >= 0.6 is 11.3 Å². The smallest absolute Gasteiger partial charge is 0.251 e. The van der Waals surface area contributed by atoms with E-state index in [4.69, 9.17) is 4.98 Å². The Labute approximate surface area is 203 Å². The van der Waals surface area contributed by atoms with E-state index in [-0.39, 0.29) is 11.7 Å². The monoisotopic (exact) mass is 474 g/mol. The van der Waals surface area contributed by atoms with Gasteiger partial charge in [-0.15, -0.1) is 0 Å². The molecule has 176 valence electrons. The van der Waals surface area contributed by atoms with Gasteiger partial charge in [0.25, 0.3) is 5.91 Å². The van der Waals surface area contributed by atoms with Crippen LogP contribution in [-0.2, 0) is 0 Å². The van der Waals surface area contributed by atoms with Crippen molar-refractivity contribution < 1.29 is 9.59 Å². The van der Waals surface area contributed by atoms with E-state index in [1.165, 1.54) is 13.0 Å². The molecule has 0 saturated carbocycles. The van der Waals surface area contributed by atoms with Crippen molar-refractivity contribution in [3.8, 4) is 11.3 Å². The Morgan fingerprint density at radius 1 is 1.09 bits per heavy atom. The van der Waals surface area contributed by atoms with Crippen LogP contribution in [0.1, 0.15) is 53.3 Å². The molecule has 6 nitrogen and oxygen atoms in total. The van der Waals surface area contributed by atoms with E-state index in [1.54, 1.807) is 18.4 Å². The summed E-state index contributed by atoms with van der Waals surface area (Å²) < 4.78 is 3.16. The Hall–Kier alpha value is -3.03. The maximum absolute atomic E-state index is 13.0. The second-order valence-corrected chi connectivity index (χ2v) is 10.1. The summed E-state index contributed by atoms with van der Waals surface area (Å²) in [5.41, 5.74) is 4.32. The molecule has 0 atom stereocenters. The molecule has 1 fully saturated rings. The summed E-state index contributed by atoms with van der Waals surface area (Å²) in [5, 5.41) is 2.64. The molecule has 34 heavy (non-hydrogen) atoms. The molecule has 5 rings (SSSR count). The second-order valence-electron chi connectivity index (χ2n) is 9.13. The summed E-state index contributed by atoms with van der Waals surface area (Å²) in [5.74, 6) is 0.642. The Kier molecular flexibility index (Phi) is 6.48. The average molecular weight is 475 g/mol. The van der Waals surface area contributed by atoms with E-state index in [9.17, 15) is 9.59 Å². The SMILES string of the molecule is CCCN1CCC(CC(=O)c2ccc3c(c2)sc2nc(-c4ccc(C(=O)NC)cc4)cn23)CC1. The van der Waals surface area contributed by atoms with Crippen molar-refractivity contribution in [2.24, 2.45) is 5.92 Å². The number of benzene rings is 2. The fraction of sp³-hybridized carbons (Fsp3) is 0.370. The van der Waals surface area contributed by atoms with Crippen LogP contribution in [0.5, 0.6) is 0 Å². The maximum Gasteiger partial charge on any atom is 0.251 e. The number of carbonyl (C=O) groups excluding carboxylic acids is 2. The molecule has 0 aliphatic carbocycles. The number of imidazole rings is 1. The molecule has 3 heterocycles. The molecule has 1 N–H and O–H groups in total. The lowest BCUT2D eigenvalue weighted by Crippen LogP contribution is -2.34. The van der Waals surface area contributed by atoms with Gasteiger partial charge in [0.2, 0.25) is 0 Å². The average Bonchev–Trinajstić information content (AvgIpc) is 3.42. The van der Waals surface area contributed by atoms with Gasteiger partial charge in [-0.3, -0.25) is 14.0 Å². The number of amides is 1. The van der Waals surface area contributed by atoms with Crippen molar-refractivity contribution in [3.63, 3.8) is 0 Å². The number of hydrogen-bond donors (Lipinski definition) is 1. The quantitative estimate of drug-likeness (QED) is 0.371. The van der Waals surface area contributed by atoms with Crippen molar-refractivity contribution in [2.75, 3.05) is 26.7 Å². The van der Waals surface area contributed by atoms with Crippen LogP contribution in [0, 0.1) is 5.92 Å². The molecule has 1 aliphatic rings. The van der Waals surface area contributed by atoms with Crippen molar-refractivity contribution >= 4 is 38.2 Å². The number of thiazole rings is 1. The molecule has 1 aliphatic heterocycles. The zero-order chi connectivity index (χ0) is 23.7. The molecule has 4 aromatic rings.